The highest BCUT2D eigenvalue weighted by Gasteiger charge is 2.30. The van der Waals surface area contributed by atoms with Gasteiger partial charge >= 0.3 is 0 Å². The topological polar surface area (TPSA) is 175 Å². The third kappa shape index (κ3) is 8.14. The number of carbonyl (C=O) groups excluding carboxylic acids is 2. The third-order valence-electron chi connectivity index (χ3n) is 11.8. The van der Waals surface area contributed by atoms with Crippen LogP contribution in [0.3, 0.4) is 0 Å². The van der Waals surface area contributed by atoms with E-state index in [1.165, 1.54) is 15.4 Å². The number of nitriles is 1. The van der Waals surface area contributed by atoms with Crippen molar-refractivity contribution in [2.45, 2.75) is 38.3 Å². The fourth-order valence-corrected chi connectivity index (χ4v) is 8.48. The van der Waals surface area contributed by atoms with Gasteiger partial charge in [0.25, 0.3) is 17.0 Å². The Hall–Kier alpha value is -7.05. The number of imide groups is 1. The lowest BCUT2D eigenvalue weighted by atomic mass is 9.95. The number of rotatable bonds is 9. The van der Waals surface area contributed by atoms with Crippen LogP contribution in [-0.2, 0) is 16.1 Å². The number of nitrogens with one attached hydrogen (secondary N) is 1. The van der Waals surface area contributed by atoms with Crippen molar-refractivity contribution < 1.29 is 9.59 Å². The summed E-state index contributed by atoms with van der Waals surface area (Å²) in [4.78, 5) is 67.0. The quantitative estimate of drug-likeness (QED) is 0.209. The van der Waals surface area contributed by atoms with Crippen molar-refractivity contribution in [3.05, 3.63) is 129 Å². The van der Waals surface area contributed by atoms with Crippen LogP contribution in [0.25, 0.3) is 33.4 Å². The van der Waals surface area contributed by atoms with E-state index in [2.05, 4.69) is 36.3 Å². The van der Waals surface area contributed by atoms with Crippen LogP contribution in [0.1, 0.15) is 42.9 Å². The van der Waals surface area contributed by atoms with E-state index < -0.39 is 11.9 Å². The van der Waals surface area contributed by atoms with E-state index in [-0.39, 0.29) is 36.4 Å². The Balaban J connectivity index is 0.770. The van der Waals surface area contributed by atoms with Crippen molar-refractivity contribution in [1.29, 1.82) is 5.26 Å². The summed E-state index contributed by atoms with van der Waals surface area (Å²) in [7, 11) is 0. The Kier molecular flexibility index (Phi) is 10.7. The number of amides is 2. The Bertz CT molecular complexity index is 2740. The zero-order chi connectivity index (χ0) is 41.2. The molecule has 6 aromatic rings. The number of anilines is 2. The smallest absolute Gasteiger partial charge is 0.275 e. The molecule has 2 amide bonds. The first-order valence-corrected chi connectivity index (χ1v) is 20.4. The van der Waals surface area contributed by atoms with Gasteiger partial charge in [-0.2, -0.15) is 15.5 Å². The maximum Gasteiger partial charge on any atom is 0.275 e. The highest BCUT2D eigenvalue weighted by Crippen LogP contribution is 2.28. The number of hydrogen-bond acceptors (Lipinski definition) is 12. The van der Waals surface area contributed by atoms with Crippen molar-refractivity contribution in [2.75, 3.05) is 55.6 Å². The number of aromatic nitrogens is 6. The molecule has 9 rings (SSSR count). The Morgan fingerprint density at radius 1 is 0.750 bits per heavy atom. The lowest BCUT2D eigenvalue weighted by Gasteiger charge is -2.40. The molecule has 60 heavy (non-hydrogen) atoms. The van der Waals surface area contributed by atoms with Crippen LogP contribution in [0.2, 0.25) is 0 Å². The van der Waals surface area contributed by atoms with Crippen LogP contribution in [0.5, 0.6) is 0 Å². The van der Waals surface area contributed by atoms with Gasteiger partial charge in [0.2, 0.25) is 5.91 Å². The van der Waals surface area contributed by atoms with Crippen LogP contribution in [0.4, 0.5) is 11.4 Å². The Morgan fingerprint density at radius 3 is 2.30 bits per heavy atom. The molecule has 3 aromatic carbocycles. The normalized spacial score (nSPS) is 17.8. The van der Waals surface area contributed by atoms with Gasteiger partial charge in [-0.05, 0) is 67.1 Å². The van der Waals surface area contributed by atoms with Crippen molar-refractivity contribution in [2.24, 2.45) is 5.92 Å². The number of fused-ring (bicyclic) bond motifs is 1. The molecule has 0 bridgehead atoms. The molecule has 0 spiro atoms. The van der Waals surface area contributed by atoms with Gasteiger partial charge in [-0.15, -0.1) is 0 Å². The van der Waals surface area contributed by atoms with E-state index in [0.717, 1.165) is 92.1 Å². The van der Waals surface area contributed by atoms with Gasteiger partial charge in [0.15, 0.2) is 5.82 Å². The molecule has 1 N–H and O–H groups in total. The molecule has 3 saturated heterocycles. The number of benzene rings is 3. The minimum atomic E-state index is -0.789. The standard InChI is InChI=1S/C45H43N11O4/c46-24-31-3-1-5-33(21-31)39-9-12-42(58)55(51-39)29-32-4-2-6-34(22-32)43-47-26-37(27-48-43)54-19-17-52(18-20-54)28-30-13-15-53(16-14-30)36-8-7-35-25-49-56(45(60)38(35)23-36)40-10-11-41(57)50-44(40)59/h1-9,12,21-23,25-27,30,40H,10-11,13-20,28-29H2,(H,50,57,59). The van der Waals surface area contributed by atoms with E-state index in [0.29, 0.717) is 28.4 Å². The maximum absolute atomic E-state index is 13.5. The molecule has 3 fully saturated rings. The summed E-state index contributed by atoms with van der Waals surface area (Å²) in [6, 6.07) is 25.4. The van der Waals surface area contributed by atoms with Crippen molar-refractivity contribution >= 4 is 34.0 Å². The van der Waals surface area contributed by atoms with Gasteiger partial charge in [0.1, 0.15) is 6.04 Å². The van der Waals surface area contributed by atoms with Gasteiger partial charge < -0.3 is 9.80 Å². The first-order chi connectivity index (χ1) is 29.3. The molecule has 3 aromatic heterocycles. The highest BCUT2D eigenvalue weighted by molar-refractivity contribution is 5.99. The zero-order valence-corrected chi connectivity index (χ0v) is 33.0. The van der Waals surface area contributed by atoms with E-state index in [1.807, 2.05) is 60.9 Å². The third-order valence-corrected chi connectivity index (χ3v) is 11.8. The molecular formula is C45H43N11O4. The lowest BCUT2D eigenvalue weighted by molar-refractivity contribution is -0.136. The SMILES string of the molecule is N#Cc1cccc(-c2ccc(=O)n(Cc3cccc(-c4ncc(N5CCN(CC6CCN(c7ccc8cnn(C9CCC(=O)NC9=O)c(=O)c8c7)CC6)CC5)cn4)c3)n2)c1. The fourth-order valence-electron chi connectivity index (χ4n) is 8.48. The van der Waals surface area contributed by atoms with Gasteiger partial charge in [-0.25, -0.2) is 19.3 Å². The molecule has 3 aliphatic rings. The van der Waals surface area contributed by atoms with Gasteiger partial charge in [-0.3, -0.25) is 29.4 Å². The molecule has 0 aliphatic carbocycles. The molecule has 15 heteroatoms. The Morgan fingerprint density at radius 2 is 1.52 bits per heavy atom. The molecule has 302 valence electrons. The molecule has 3 aliphatic heterocycles. The summed E-state index contributed by atoms with van der Waals surface area (Å²) in [6.07, 6.45) is 7.95. The number of carbonyl (C=O) groups is 2. The predicted octanol–water partition coefficient (Wildman–Crippen LogP) is 4.01. The maximum atomic E-state index is 13.5. The number of piperidine rings is 2. The Labute approximate surface area is 345 Å². The molecule has 0 saturated carbocycles. The summed E-state index contributed by atoms with van der Waals surface area (Å²) in [5, 5.41) is 21.7. The molecule has 0 radical (unpaired) electrons. The lowest BCUT2D eigenvalue weighted by Crippen LogP contribution is -2.49. The van der Waals surface area contributed by atoms with Gasteiger partial charge in [0, 0.05) is 80.5 Å². The highest BCUT2D eigenvalue weighted by atomic mass is 16.2. The van der Waals surface area contributed by atoms with Crippen molar-refractivity contribution in [1.82, 2.24) is 39.7 Å². The molecule has 6 heterocycles. The molecule has 15 nitrogen and oxygen atoms in total. The summed E-state index contributed by atoms with van der Waals surface area (Å²) in [5.74, 6) is 0.379. The van der Waals surface area contributed by atoms with E-state index in [9.17, 15) is 24.4 Å². The predicted molar refractivity (Wildman–Crippen MR) is 226 cm³/mol. The molecule has 1 atom stereocenters. The van der Waals surface area contributed by atoms with Crippen LogP contribution in [0.15, 0.2) is 107 Å². The van der Waals surface area contributed by atoms with Crippen molar-refractivity contribution in [3.8, 4) is 28.7 Å². The monoisotopic (exact) mass is 801 g/mol. The second-order valence-electron chi connectivity index (χ2n) is 15.7. The average Bonchev–Trinajstić information content (AvgIpc) is 3.28. The van der Waals surface area contributed by atoms with Crippen LogP contribution in [0, 0.1) is 17.2 Å². The molecule has 1 unspecified atom stereocenters. The minimum Gasteiger partial charge on any atom is -0.371 e. The number of hydrogen-bond donors (Lipinski definition) is 1. The van der Waals surface area contributed by atoms with Crippen LogP contribution >= 0.6 is 0 Å². The summed E-state index contributed by atoms with van der Waals surface area (Å²) in [5.41, 5.74) is 5.11. The second kappa shape index (κ2) is 16.7. The first-order valence-electron chi connectivity index (χ1n) is 20.4. The van der Waals surface area contributed by atoms with Gasteiger partial charge in [-0.1, -0.05) is 36.4 Å². The van der Waals surface area contributed by atoms with Crippen molar-refractivity contribution in [3.63, 3.8) is 0 Å². The van der Waals surface area contributed by atoms with Crippen LogP contribution in [-0.4, -0.2) is 92.1 Å². The largest absolute Gasteiger partial charge is 0.371 e. The number of piperazine rings is 1. The van der Waals surface area contributed by atoms with E-state index in [4.69, 9.17) is 9.97 Å². The minimum absolute atomic E-state index is 0.181. The first kappa shape index (κ1) is 38.5. The summed E-state index contributed by atoms with van der Waals surface area (Å²) >= 11 is 0. The van der Waals surface area contributed by atoms with E-state index >= 15 is 0 Å². The second-order valence-corrected chi connectivity index (χ2v) is 15.7. The molecular weight excluding hydrogens is 759 g/mol. The summed E-state index contributed by atoms with van der Waals surface area (Å²) in [6.45, 7) is 6.83. The zero-order valence-electron chi connectivity index (χ0n) is 33.0. The number of nitrogens with zero attached hydrogens (tertiary/aromatic N) is 10. The summed E-state index contributed by atoms with van der Waals surface area (Å²) < 4.78 is 2.65. The van der Waals surface area contributed by atoms with Crippen LogP contribution < -0.4 is 26.2 Å². The average molecular weight is 802 g/mol. The van der Waals surface area contributed by atoms with Gasteiger partial charge in [0.05, 0.1) is 53.5 Å². The van der Waals surface area contributed by atoms with E-state index in [1.54, 1.807) is 30.5 Å². The fraction of sp³-hybridized carbons (Fsp3) is 0.311.